The van der Waals surface area contributed by atoms with Gasteiger partial charge in [-0.1, -0.05) is 26.3 Å². The molecule has 10 heteroatoms. The molecule has 1 amide bonds. The van der Waals surface area contributed by atoms with E-state index in [0.29, 0.717) is 48.4 Å². The Morgan fingerprint density at radius 3 is 2.50 bits per heavy atom. The summed E-state index contributed by atoms with van der Waals surface area (Å²) in [6, 6.07) is 7.03. The van der Waals surface area contributed by atoms with Gasteiger partial charge in [0.1, 0.15) is 17.9 Å². The SMILES string of the molecule is C[C@@H]1C[C@H](C)CN(Cc2cc3c(c(C(F)(F)F)c2)CN(c2cc(C4(c5nncn5C)CCC4)cc4c2OCC4)C3=O)C1. The number of alkyl halides is 3. The van der Waals surface area contributed by atoms with E-state index >= 15 is 0 Å². The molecule has 0 N–H and O–H groups in total. The Balaban J connectivity index is 1.29. The molecule has 1 saturated heterocycles. The zero-order valence-corrected chi connectivity index (χ0v) is 24.3. The highest BCUT2D eigenvalue weighted by Gasteiger charge is 2.46. The molecule has 4 aliphatic rings. The number of hydrogen-bond donors (Lipinski definition) is 0. The van der Waals surface area contributed by atoms with E-state index in [-0.39, 0.29) is 23.1 Å². The fraction of sp³-hybridized carbons (Fsp3) is 0.531. The number of ether oxygens (including phenoxy) is 1. The second-order valence-electron chi connectivity index (χ2n) is 13.0. The molecular weight excluding hydrogens is 543 g/mol. The number of amides is 1. The highest BCUT2D eigenvalue weighted by molar-refractivity contribution is 6.11. The van der Waals surface area contributed by atoms with Crippen LogP contribution in [0.15, 0.2) is 30.6 Å². The molecule has 2 fully saturated rings. The molecule has 222 valence electrons. The number of piperidine rings is 1. The van der Waals surface area contributed by atoms with Crippen molar-refractivity contribution in [1.29, 1.82) is 0 Å². The summed E-state index contributed by atoms with van der Waals surface area (Å²) in [7, 11) is 1.93. The van der Waals surface area contributed by atoms with Gasteiger partial charge in [0.15, 0.2) is 0 Å². The van der Waals surface area contributed by atoms with Gasteiger partial charge in [-0.2, -0.15) is 13.2 Å². The van der Waals surface area contributed by atoms with Gasteiger partial charge in [0.2, 0.25) is 0 Å². The number of anilines is 1. The van der Waals surface area contributed by atoms with E-state index in [2.05, 4.69) is 35.0 Å². The van der Waals surface area contributed by atoms with Crippen molar-refractivity contribution in [3.63, 3.8) is 0 Å². The molecule has 2 aromatic carbocycles. The lowest BCUT2D eigenvalue weighted by atomic mass is 9.63. The van der Waals surface area contributed by atoms with Crippen molar-refractivity contribution in [3.05, 3.63) is 69.8 Å². The first-order chi connectivity index (χ1) is 20.0. The molecule has 1 aliphatic carbocycles. The van der Waals surface area contributed by atoms with Crippen LogP contribution in [0.25, 0.3) is 0 Å². The van der Waals surface area contributed by atoms with E-state index < -0.39 is 17.6 Å². The minimum atomic E-state index is -4.57. The molecule has 0 bridgehead atoms. The maximum Gasteiger partial charge on any atom is 0.416 e. The molecule has 3 aliphatic heterocycles. The molecule has 0 unspecified atom stereocenters. The molecule has 7 rings (SSSR count). The van der Waals surface area contributed by atoms with Gasteiger partial charge >= 0.3 is 6.18 Å². The van der Waals surface area contributed by atoms with Crippen molar-refractivity contribution in [3.8, 4) is 5.75 Å². The molecule has 4 heterocycles. The third-order valence-corrected chi connectivity index (χ3v) is 9.71. The number of aryl methyl sites for hydroxylation is 1. The van der Waals surface area contributed by atoms with Crippen molar-refractivity contribution in [2.45, 2.75) is 70.6 Å². The van der Waals surface area contributed by atoms with Crippen molar-refractivity contribution < 1.29 is 22.7 Å². The minimum Gasteiger partial charge on any atom is -0.491 e. The van der Waals surface area contributed by atoms with E-state index in [1.807, 2.05) is 17.7 Å². The Kier molecular flexibility index (Phi) is 6.42. The summed E-state index contributed by atoms with van der Waals surface area (Å²) in [5.41, 5.74) is 2.18. The largest absolute Gasteiger partial charge is 0.491 e. The van der Waals surface area contributed by atoms with Gasteiger partial charge in [0.05, 0.1) is 29.8 Å². The molecule has 1 saturated carbocycles. The van der Waals surface area contributed by atoms with E-state index in [1.54, 1.807) is 12.4 Å². The smallest absolute Gasteiger partial charge is 0.416 e. The maximum atomic E-state index is 14.5. The average molecular weight is 580 g/mol. The lowest BCUT2D eigenvalue weighted by Crippen LogP contribution is -2.38. The van der Waals surface area contributed by atoms with Gasteiger partial charge in [-0.05, 0) is 71.6 Å². The van der Waals surface area contributed by atoms with Gasteiger partial charge < -0.3 is 14.2 Å². The van der Waals surface area contributed by atoms with Crippen LogP contribution in [-0.4, -0.2) is 45.3 Å². The Morgan fingerprint density at radius 2 is 1.86 bits per heavy atom. The number of carbonyl (C=O) groups is 1. The highest BCUT2D eigenvalue weighted by Crippen LogP contribution is 2.52. The number of nitrogens with zero attached hydrogens (tertiary/aromatic N) is 5. The van der Waals surface area contributed by atoms with Crippen LogP contribution < -0.4 is 9.64 Å². The predicted octanol–water partition coefficient (Wildman–Crippen LogP) is 5.88. The topological polar surface area (TPSA) is 63.5 Å². The summed E-state index contributed by atoms with van der Waals surface area (Å²) < 4.78 is 51.4. The van der Waals surface area contributed by atoms with Gasteiger partial charge in [0, 0.05) is 38.7 Å². The molecule has 1 aromatic heterocycles. The normalized spacial score (nSPS) is 23.5. The van der Waals surface area contributed by atoms with Crippen molar-refractivity contribution >= 4 is 11.6 Å². The zero-order chi connectivity index (χ0) is 29.4. The van der Waals surface area contributed by atoms with Gasteiger partial charge in [0.25, 0.3) is 5.91 Å². The number of hydrogen-bond acceptors (Lipinski definition) is 5. The average Bonchev–Trinajstić information content (AvgIpc) is 3.61. The number of rotatable bonds is 5. The number of likely N-dealkylation sites (tertiary alicyclic amines) is 1. The minimum absolute atomic E-state index is 0.0421. The van der Waals surface area contributed by atoms with Crippen molar-refractivity contribution in [1.82, 2.24) is 19.7 Å². The first kappa shape index (κ1) is 27.4. The summed E-state index contributed by atoms with van der Waals surface area (Å²) in [6.07, 6.45) is 1.74. The van der Waals surface area contributed by atoms with Gasteiger partial charge in [-0.25, -0.2) is 0 Å². The summed E-state index contributed by atoms with van der Waals surface area (Å²) in [6.45, 7) is 6.77. The number of benzene rings is 2. The van der Waals surface area contributed by atoms with Crippen LogP contribution in [0.4, 0.5) is 18.9 Å². The van der Waals surface area contributed by atoms with Crippen molar-refractivity contribution in [2.24, 2.45) is 18.9 Å². The molecular formula is C32H36F3N5O2. The number of halogens is 3. The zero-order valence-electron chi connectivity index (χ0n) is 24.3. The summed E-state index contributed by atoms with van der Waals surface area (Å²) >= 11 is 0. The van der Waals surface area contributed by atoms with Crippen LogP contribution >= 0.6 is 0 Å². The third kappa shape index (κ3) is 4.41. The number of fused-ring (bicyclic) bond motifs is 2. The van der Waals surface area contributed by atoms with Crippen LogP contribution in [0.5, 0.6) is 5.75 Å². The second-order valence-corrected chi connectivity index (χ2v) is 13.0. The lowest BCUT2D eigenvalue weighted by molar-refractivity contribution is -0.138. The fourth-order valence-corrected chi connectivity index (χ4v) is 7.84. The van der Waals surface area contributed by atoms with E-state index in [9.17, 15) is 18.0 Å². The molecule has 0 radical (unpaired) electrons. The van der Waals surface area contributed by atoms with Crippen LogP contribution in [0.1, 0.15) is 83.5 Å². The molecule has 2 atom stereocenters. The van der Waals surface area contributed by atoms with Crippen molar-refractivity contribution in [2.75, 3.05) is 24.6 Å². The second kappa shape index (κ2) is 9.82. The van der Waals surface area contributed by atoms with Gasteiger partial charge in [-0.3, -0.25) is 9.69 Å². The molecule has 42 heavy (non-hydrogen) atoms. The molecule has 0 spiro atoms. The third-order valence-electron chi connectivity index (χ3n) is 9.71. The predicted molar refractivity (Wildman–Crippen MR) is 151 cm³/mol. The van der Waals surface area contributed by atoms with Crippen LogP contribution in [0.3, 0.4) is 0 Å². The fourth-order valence-electron chi connectivity index (χ4n) is 7.84. The van der Waals surface area contributed by atoms with E-state index in [4.69, 9.17) is 4.74 Å². The Bertz CT molecular complexity index is 1550. The van der Waals surface area contributed by atoms with E-state index in [0.717, 1.165) is 55.7 Å². The first-order valence-electron chi connectivity index (χ1n) is 15.0. The Hall–Kier alpha value is -3.40. The van der Waals surface area contributed by atoms with Crippen LogP contribution in [-0.2, 0) is 38.1 Å². The standard InChI is InChI=1S/C32H36F3N5O2/c1-19-9-20(2)15-39(14-19)16-21-10-24-25(26(11-21)32(33,34)35)17-40(29(24)41)27-13-23(12-22-5-8-42-28(22)27)31(6-4-7-31)30-37-36-18-38(30)3/h10-13,18-20H,4-9,14-17H2,1-3H3/t19-,20+. The monoisotopic (exact) mass is 579 g/mol. The summed E-state index contributed by atoms with van der Waals surface area (Å²) in [5.74, 6) is 2.01. The quantitative estimate of drug-likeness (QED) is 0.378. The molecule has 3 aromatic rings. The summed E-state index contributed by atoms with van der Waals surface area (Å²) in [5, 5.41) is 8.54. The number of aromatic nitrogens is 3. The first-order valence-corrected chi connectivity index (χ1v) is 15.0. The molecule has 7 nitrogen and oxygen atoms in total. The van der Waals surface area contributed by atoms with Gasteiger partial charge in [-0.15, -0.1) is 10.2 Å². The summed E-state index contributed by atoms with van der Waals surface area (Å²) in [4.78, 5) is 17.7. The Labute approximate surface area is 243 Å². The van der Waals surface area contributed by atoms with E-state index in [1.165, 1.54) is 11.0 Å². The number of carbonyl (C=O) groups excluding carboxylic acids is 1. The highest BCUT2D eigenvalue weighted by atomic mass is 19.4. The van der Waals surface area contributed by atoms with Crippen LogP contribution in [0.2, 0.25) is 0 Å². The lowest BCUT2D eigenvalue weighted by Gasteiger charge is -2.41. The Morgan fingerprint density at radius 1 is 1.10 bits per heavy atom. The maximum absolute atomic E-state index is 14.5. The van der Waals surface area contributed by atoms with Crippen LogP contribution in [0, 0.1) is 11.8 Å².